The summed E-state index contributed by atoms with van der Waals surface area (Å²) in [6.07, 6.45) is 1.37. The number of H-pyrrole nitrogens is 1. The Morgan fingerprint density at radius 1 is 1.38 bits per heavy atom. The molecule has 0 saturated heterocycles. The molecule has 1 heterocycles. The van der Waals surface area contributed by atoms with Gasteiger partial charge in [0.15, 0.2) is 0 Å². The van der Waals surface area contributed by atoms with Crippen LogP contribution in [-0.4, -0.2) is 24.5 Å². The third-order valence-electron chi connectivity index (χ3n) is 3.05. The molecule has 4 nitrogen and oxygen atoms in total. The molecule has 1 aromatic carbocycles. The minimum Gasteiger partial charge on any atom is -0.375 e. The number of nitrogens with one attached hydrogen (secondary N) is 2. The van der Waals surface area contributed by atoms with E-state index in [2.05, 4.69) is 10.3 Å². The van der Waals surface area contributed by atoms with E-state index in [1.54, 1.807) is 31.5 Å². The minimum atomic E-state index is -0.316. The van der Waals surface area contributed by atoms with Crippen LogP contribution in [0.2, 0.25) is 5.02 Å². The van der Waals surface area contributed by atoms with E-state index >= 15 is 0 Å². The lowest BCUT2D eigenvalue weighted by atomic mass is 10.1. The number of carbonyl (C=O) groups is 1. The summed E-state index contributed by atoms with van der Waals surface area (Å²) in [6, 6.07) is 10.8. The average Bonchev–Trinajstić information content (AvgIpc) is 2.49. The van der Waals surface area contributed by atoms with Crippen molar-refractivity contribution >= 4 is 29.7 Å². The molecule has 1 amide bonds. The Hall–Kier alpha value is -1.69. The number of aromatic nitrogens is 1. The largest absolute Gasteiger partial charge is 0.375 e. The van der Waals surface area contributed by atoms with Crippen molar-refractivity contribution in [3.63, 3.8) is 0 Å². The molecular formula is C15H15ClN2O2S. The number of benzene rings is 1. The summed E-state index contributed by atoms with van der Waals surface area (Å²) in [5.74, 6) is -0.244. The third-order valence-corrected chi connectivity index (χ3v) is 3.73. The highest BCUT2D eigenvalue weighted by atomic mass is 35.5. The number of rotatable bonds is 5. The summed E-state index contributed by atoms with van der Waals surface area (Å²) < 4.78 is 5.81. The maximum absolute atomic E-state index is 12.1. The van der Waals surface area contributed by atoms with E-state index in [0.29, 0.717) is 21.8 Å². The van der Waals surface area contributed by atoms with Gasteiger partial charge < -0.3 is 15.0 Å². The topological polar surface area (TPSA) is 54.1 Å². The lowest BCUT2D eigenvalue weighted by Gasteiger charge is -2.17. The van der Waals surface area contributed by atoms with Crippen LogP contribution in [0, 0.1) is 4.64 Å². The van der Waals surface area contributed by atoms with Crippen LogP contribution in [0.5, 0.6) is 0 Å². The molecule has 0 aliphatic rings. The molecule has 2 aromatic rings. The van der Waals surface area contributed by atoms with Crippen molar-refractivity contribution in [2.45, 2.75) is 6.10 Å². The lowest BCUT2D eigenvalue weighted by Crippen LogP contribution is -2.29. The summed E-state index contributed by atoms with van der Waals surface area (Å²) in [7, 11) is 1.58. The van der Waals surface area contributed by atoms with Crippen LogP contribution < -0.4 is 5.32 Å². The van der Waals surface area contributed by atoms with Gasteiger partial charge in [0.25, 0.3) is 5.91 Å². The monoisotopic (exact) mass is 322 g/mol. The van der Waals surface area contributed by atoms with Gasteiger partial charge in [-0.2, -0.15) is 0 Å². The molecule has 1 atom stereocenters. The highest BCUT2D eigenvalue weighted by Gasteiger charge is 2.16. The Bertz CT molecular complexity index is 687. The van der Waals surface area contributed by atoms with Gasteiger partial charge in [0.1, 0.15) is 10.7 Å². The van der Waals surface area contributed by atoms with Gasteiger partial charge in [0, 0.05) is 30.4 Å². The molecule has 2 N–H and O–H groups in total. The van der Waals surface area contributed by atoms with Crippen LogP contribution in [0.25, 0.3) is 0 Å². The molecule has 0 fully saturated rings. The molecular weight excluding hydrogens is 308 g/mol. The van der Waals surface area contributed by atoms with E-state index in [9.17, 15) is 4.79 Å². The van der Waals surface area contributed by atoms with Crippen molar-refractivity contribution < 1.29 is 9.53 Å². The molecule has 110 valence electrons. The van der Waals surface area contributed by atoms with Crippen LogP contribution >= 0.6 is 23.8 Å². The van der Waals surface area contributed by atoms with Gasteiger partial charge in [-0.25, -0.2) is 0 Å². The number of pyridine rings is 1. The zero-order valence-electron chi connectivity index (χ0n) is 11.4. The number of methoxy groups -OCH3 is 1. The van der Waals surface area contributed by atoms with Gasteiger partial charge in [-0.3, -0.25) is 4.79 Å². The Morgan fingerprint density at radius 3 is 2.81 bits per heavy atom. The van der Waals surface area contributed by atoms with Gasteiger partial charge in [0.05, 0.1) is 5.56 Å². The Morgan fingerprint density at radius 2 is 2.14 bits per heavy atom. The summed E-state index contributed by atoms with van der Waals surface area (Å²) in [5.41, 5.74) is 1.27. The first-order valence-electron chi connectivity index (χ1n) is 6.36. The SMILES string of the molecule is CO[C@@H](CNC(=O)c1ccc[nH]c1=S)c1ccccc1Cl. The number of halogens is 1. The molecule has 0 aliphatic carbocycles. The van der Waals surface area contributed by atoms with E-state index in [1.165, 1.54) is 0 Å². The van der Waals surface area contributed by atoms with Crippen LogP contribution in [0.15, 0.2) is 42.6 Å². The number of hydrogen-bond acceptors (Lipinski definition) is 3. The van der Waals surface area contributed by atoms with Crippen molar-refractivity contribution in [3.05, 3.63) is 63.4 Å². The molecule has 21 heavy (non-hydrogen) atoms. The van der Waals surface area contributed by atoms with Crippen molar-refractivity contribution in [2.24, 2.45) is 0 Å². The Labute approximate surface area is 133 Å². The smallest absolute Gasteiger partial charge is 0.254 e. The van der Waals surface area contributed by atoms with Gasteiger partial charge in [-0.15, -0.1) is 0 Å². The normalized spacial score (nSPS) is 11.9. The fourth-order valence-corrected chi connectivity index (χ4v) is 2.42. The lowest BCUT2D eigenvalue weighted by molar-refractivity contribution is 0.0827. The molecule has 0 aliphatic heterocycles. The van der Waals surface area contributed by atoms with Crippen molar-refractivity contribution in [2.75, 3.05) is 13.7 Å². The predicted octanol–water partition coefficient (Wildman–Crippen LogP) is 3.52. The average molecular weight is 323 g/mol. The van der Waals surface area contributed by atoms with E-state index < -0.39 is 0 Å². The highest BCUT2D eigenvalue weighted by molar-refractivity contribution is 7.71. The number of aromatic amines is 1. The number of ether oxygens (including phenoxy) is 1. The van der Waals surface area contributed by atoms with Gasteiger partial charge in [-0.1, -0.05) is 42.0 Å². The first-order valence-corrected chi connectivity index (χ1v) is 7.15. The first kappa shape index (κ1) is 15.7. The summed E-state index contributed by atoms with van der Waals surface area (Å²) in [6.45, 7) is 0.308. The zero-order chi connectivity index (χ0) is 15.2. The number of carbonyl (C=O) groups excluding carboxylic acids is 1. The summed E-state index contributed by atoms with van der Waals surface area (Å²) in [5, 5.41) is 3.41. The van der Waals surface area contributed by atoms with E-state index in [-0.39, 0.29) is 12.0 Å². The molecule has 0 bridgehead atoms. The van der Waals surface area contributed by atoms with Crippen molar-refractivity contribution in [1.29, 1.82) is 0 Å². The predicted molar refractivity (Wildman–Crippen MR) is 85.2 cm³/mol. The summed E-state index contributed by atoms with van der Waals surface area (Å²) >= 11 is 11.2. The maximum Gasteiger partial charge on any atom is 0.254 e. The van der Waals surface area contributed by atoms with Crippen molar-refractivity contribution in [1.82, 2.24) is 10.3 Å². The third kappa shape index (κ3) is 3.91. The number of amides is 1. The number of hydrogen-bond donors (Lipinski definition) is 2. The van der Waals surface area contributed by atoms with Gasteiger partial charge in [-0.05, 0) is 18.2 Å². The fraction of sp³-hybridized carbons (Fsp3) is 0.200. The van der Waals surface area contributed by atoms with E-state index in [0.717, 1.165) is 5.56 Å². The molecule has 1 aromatic heterocycles. The second-order valence-corrected chi connectivity index (χ2v) is 5.18. The molecule has 0 spiro atoms. The standard InChI is InChI=1S/C15H15ClN2O2S/c1-20-13(10-5-2-3-7-12(10)16)9-18-14(19)11-6-4-8-17-15(11)21/h2-8,13H,9H2,1H3,(H,17,21)(H,18,19)/t13-/m0/s1. The highest BCUT2D eigenvalue weighted by Crippen LogP contribution is 2.24. The molecule has 6 heteroatoms. The van der Waals surface area contributed by atoms with E-state index in [1.807, 2.05) is 18.2 Å². The van der Waals surface area contributed by atoms with Gasteiger partial charge in [0.2, 0.25) is 0 Å². The molecule has 0 saturated carbocycles. The second kappa shape index (κ2) is 7.36. The van der Waals surface area contributed by atoms with Crippen molar-refractivity contribution in [3.8, 4) is 0 Å². The van der Waals surface area contributed by atoms with Crippen LogP contribution in [0.1, 0.15) is 22.0 Å². The maximum atomic E-state index is 12.1. The van der Waals surface area contributed by atoms with Crippen LogP contribution in [0.3, 0.4) is 0 Å². The second-order valence-electron chi connectivity index (χ2n) is 4.37. The molecule has 2 rings (SSSR count). The fourth-order valence-electron chi connectivity index (χ4n) is 1.94. The minimum absolute atomic E-state index is 0.244. The van der Waals surface area contributed by atoms with Gasteiger partial charge >= 0.3 is 0 Å². The Balaban J connectivity index is 2.08. The van der Waals surface area contributed by atoms with Crippen LogP contribution in [-0.2, 0) is 4.74 Å². The molecule has 0 radical (unpaired) electrons. The Kier molecular flexibility index (Phi) is 5.50. The van der Waals surface area contributed by atoms with Crippen LogP contribution in [0.4, 0.5) is 0 Å². The quantitative estimate of drug-likeness (QED) is 0.828. The first-order chi connectivity index (χ1) is 10.1. The summed E-state index contributed by atoms with van der Waals surface area (Å²) in [4.78, 5) is 14.9. The molecule has 0 unspecified atom stereocenters. The van der Waals surface area contributed by atoms with E-state index in [4.69, 9.17) is 28.6 Å². The zero-order valence-corrected chi connectivity index (χ0v) is 13.0.